The smallest absolute Gasteiger partial charge is 0.227 e. The fraction of sp³-hybridized carbons (Fsp3) is 0.391. The highest BCUT2D eigenvalue weighted by atomic mass is 16.5. The Morgan fingerprint density at radius 1 is 1.17 bits per heavy atom. The van der Waals surface area contributed by atoms with Crippen LogP contribution >= 0.6 is 0 Å². The number of hydrogen-bond donors (Lipinski definition) is 1. The van der Waals surface area contributed by atoms with Crippen LogP contribution in [0.3, 0.4) is 0 Å². The van der Waals surface area contributed by atoms with Crippen molar-refractivity contribution in [2.45, 2.75) is 19.4 Å². The fourth-order valence-electron chi connectivity index (χ4n) is 3.57. The summed E-state index contributed by atoms with van der Waals surface area (Å²) in [6, 6.07) is 15.5. The van der Waals surface area contributed by atoms with Gasteiger partial charge in [-0.25, -0.2) is 0 Å². The van der Waals surface area contributed by atoms with Crippen LogP contribution in [0.1, 0.15) is 13.3 Å². The number of carbonyl (C=O) groups is 2. The molecule has 1 heterocycles. The molecule has 0 aliphatic carbocycles. The van der Waals surface area contributed by atoms with Gasteiger partial charge >= 0.3 is 0 Å². The molecule has 3 rings (SSSR count). The Morgan fingerprint density at radius 2 is 1.87 bits per heavy atom. The van der Waals surface area contributed by atoms with E-state index in [4.69, 9.17) is 9.47 Å². The molecule has 2 aromatic rings. The lowest BCUT2D eigenvalue weighted by Gasteiger charge is -2.27. The molecule has 7 nitrogen and oxygen atoms in total. The molecule has 1 aliphatic heterocycles. The molecule has 1 fully saturated rings. The maximum atomic E-state index is 12.7. The molecule has 0 bridgehead atoms. The summed E-state index contributed by atoms with van der Waals surface area (Å²) in [4.78, 5) is 29.0. The van der Waals surface area contributed by atoms with Crippen molar-refractivity contribution < 1.29 is 19.1 Å². The van der Waals surface area contributed by atoms with Crippen molar-refractivity contribution in [1.29, 1.82) is 0 Å². The third-order valence-corrected chi connectivity index (χ3v) is 5.57. The Kier molecular flexibility index (Phi) is 6.82. The number of methoxy groups -OCH3 is 2. The van der Waals surface area contributed by atoms with E-state index in [1.54, 1.807) is 37.3 Å². The van der Waals surface area contributed by atoms with Crippen molar-refractivity contribution in [3.8, 4) is 11.5 Å². The molecule has 1 aliphatic rings. The van der Waals surface area contributed by atoms with E-state index in [1.165, 1.54) is 0 Å². The van der Waals surface area contributed by atoms with Gasteiger partial charge in [0.1, 0.15) is 0 Å². The number of nitrogens with zero attached hydrogens (tertiary/aromatic N) is 2. The average molecular weight is 412 g/mol. The molecule has 0 saturated carbocycles. The van der Waals surface area contributed by atoms with Crippen molar-refractivity contribution in [1.82, 2.24) is 5.32 Å². The van der Waals surface area contributed by atoms with Gasteiger partial charge < -0.3 is 24.6 Å². The van der Waals surface area contributed by atoms with Crippen molar-refractivity contribution in [2.24, 2.45) is 5.92 Å². The van der Waals surface area contributed by atoms with Crippen LogP contribution in [0.5, 0.6) is 11.5 Å². The van der Waals surface area contributed by atoms with Gasteiger partial charge in [0.15, 0.2) is 11.5 Å². The summed E-state index contributed by atoms with van der Waals surface area (Å²) >= 11 is 0. The van der Waals surface area contributed by atoms with Crippen LogP contribution in [0.15, 0.2) is 48.5 Å². The number of carbonyl (C=O) groups excluding carboxylic acids is 2. The van der Waals surface area contributed by atoms with E-state index in [0.717, 1.165) is 5.69 Å². The van der Waals surface area contributed by atoms with Crippen molar-refractivity contribution in [3.63, 3.8) is 0 Å². The monoisotopic (exact) mass is 411 g/mol. The second kappa shape index (κ2) is 9.52. The van der Waals surface area contributed by atoms with Crippen LogP contribution in [0.4, 0.5) is 11.4 Å². The number of amides is 2. The Bertz CT molecular complexity index is 887. The van der Waals surface area contributed by atoms with Crippen molar-refractivity contribution in [3.05, 3.63) is 48.5 Å². The van der Waals surface area contributed by atoms with Gasteiger partial charge in [-0.2, -0.15) is 0 Å². The zero-order valence-corrected chi connectivity index (χ0v) is 17.9. The summed E-state index contributed by atoms with van der Waals surface area (Å²) in [5.74, 6) is 0.600. The van der Waals surface area contributed by atoms with Gasteiger partial charge in [0.25, 0.3) is 0 Å². The van der Waals surface area contributed by atoms with E-state index in [1.807, 2.05) is 37.4 Å². The number of para-hydroxylation sites is 1. The molecule has 0 spiro atoms. The number of likely N-dealkylation sites (N-methyl/N-ethyl adjacent to an activating group) is 1. The van der Waals surface area contributed by atoms with E-state index >= 15 is 0 Å². The Morgan fingerprint density at radius 3 is 2.53 bits per heavy atom. The van der Waals surface area contributed by atoms with Crippen molar-refractivity contribution >= 4 is 23.2 Å². The normalized spacial score (nSPS) is 16.9. The van der Waals surface area contributed by atoms with Gasteiger partial charge in [-0.3, -0.25) is 9.59 Å². The largest absolute Gasteiger partial charge is 0.493 e. The molecule has 0 radical (unpaired) electrons. The van der Waals surface area contributed by atoms with Crippen LogP contribution < -0.4 is 24.6 Å². The Balaban J connectivity index is 1.58. The number of anilines is 2. The highest BCUT2D eigenvalue weighted by molar-refractivity contribution is 6.00. The molecule has 30 heavy (non-hydrogen) atoms. The molecule has 1 N–H and O–H groups in total. The zero-order chi connectivity index (χ0) is 21.7. The Labute approximate surface area is 177 Å². The molecule has 2 aromatic carbocycles. The summed E-state index contributed by atoms with van der Waals surface area (Å²) in [5, 5.41) is 3.00. The van der Waals surface area contributed by atoms with Gasteiger partial charge in [-0.15, -0.1) is 0 Å². The van der Waals surface area contributed by atoms with E-state index in [0.29, 0.717) is 30.3 Å². The van der Waals surface area contributed by atoms with Gasteiger partial charge in [-0.1, -0.05) is 18.2 Å². The standard InChI is InChI=1S/C23H29N3O4/c1-16(25(2)18-8-6-5-7-9-18)14-24-23(28)17-12-22(27)26(15-17)19-10-11-20(29-3)21(13-19)30-4/h5-11,13,16-17H,12,14-15H2,1-4H3,(H,24,28). The number of rotatable bonds is 8. The molecular formula is C23H29N3O4. The van der Waals surface area contributed by atoms with Gasteiger partial charge in [0.05, 0.1) is 20.1 Å². The van der Waals surface area contributed by atoms with Crippen LogP contribution in [0, 0.1) is 5.92 Å². The van der Waals surface area contributed by atoms with Gasteiger partial charge in [0, 0.05) is 50.0 Å². The lowest BCUT2D eigenvalue weighted by Crippen LogP contribution is -2.42. The molecule has 160 valence electrons. The molecule has 1 saturated heterocycles. The maximum absolute atomic E-state index is 12.7. The summed E-state index contributed by atoms with van der Waals surface area (Å²) < 4.78 is 10.6. The lowest BCUT2D eigenvalue weighted by molar-refractivity contribution is -0.126. The molecular weight excluding hydrogens is 382 g/mol. The van der Waals surface area contributed by atoms with Crippen LogP contribution in [-0.4, -0.2) is 52.2 Å². The molecule has 7 heteroatoms. The van der Waals surface area contributed by atoms with Crippen LogP contribution in [0.25, 0.3) is 0 Å². The highest BCUT2D eigenvalue weighted by Gasteiger charge is 2.35. The first-order valence-corrected chi connectivity index (χ1v) is 10.0. The third kappa shape index (κ3) is 4.67. The van der Waals surface area contributed by atoms with Gasteiger partial charge in [-0.05, 0) is 31.2 Å². The topological polar surface area (TPSA) is 71.1 Å². The summed E-state index contributed by atoms with van der Waals surface area (Å²) in [6.07, 6.45) is 0.198. The highest BCUT2D eigenvalue weighted by Crippen LogP contribution is 2.34. The Hall–Kier alpha value is -3.22. The minimum atomic E-state index is -0.375. The number of hydrogen-bond acceptors (Lipinski definition) is 5. The number of nitrogens with one attached hydrogen (secondary N) is 1. The minimum Gasteiger partial charge on any atom is -0.493 e. The fourth-order valence-corrected chi connectivity index (χ4v) is 3.57. The SMILES string of the molecule is COc1ccc(N2CC(C(=O)NCC(C)N(C)c3ccccc3)CC2=O)cc1OC. The first-order valence-electron chi connectivity index (χ1n) is 10.0. The second-order valence-electron chi connectivity index (χ2n) is 7.49. The van der Waals surface area contributed by atoms with E-state index in [9.17, 15) is 9.59 Å². The second-order valence-corrected chi connectivity index (χ2v) is 7.49. The maximum Gasteiger partial charge on any atom is 0.227 e. The van der Waals surface area contributed by atoms with E-state index in [2.05, 4.69) is 17.1 Å². The molecule has 0 aromatic heterocycles. The predicted molar refractivity (Wildman–Crippen MR) is 117 cm³/mol. The number of ether oxygens (including phenoxy) is 2. The van der Waals surface area contributed by atoms with E-state index < -0.39 is 0 Å². The predicted octanol–water partition coefficient (Wildman–Crippen LogP) is 2.70. The summed E-state index contributed by atoms with van der Waals surface area (Å²) in [5.41, 5.74) is 1.79. The number of benzene rings is 2. The summed E-state index contributed by atoms with van der Waals surface area (Å²) in [6.45, 7) is 2.91. The van der Waals surface area contributed by atoms with E-state index in [-0.39, 0.29) is 30.2 Å². The quantitative estimate of drug-likeness (QED) is 0.723. The third-order valence-electron chi connectivity index (χ3n) is 5.57. The molecule has 2 atom stereocenters. The first kappa shape index (κ1) is 21.5. The zero-order valence-electron chi connectivity index (χ0n) is 17.9. The first-order chi connectivity index (χ1) is 14.4. The lowest BCUT2D eigenvalue weighted by atomic mass is 10.1. The molecule has 2 unspecified atom stereocenters. The average Bonchev–Trinajstić information content (AvgIpc) is 3.18. The van der Waals surface area contributed by atoms with Crippen molar-refractivity contribution in [2.75, 3.05) is 44.2 Å². The minimum absolute atomic E-state index is 0.0724. The van der Waals surface area contributed by atoms with Crippen LogP contribution in [-0.2, 0) is 9.59 Å². The van der Waals surface area contributed by atoms with Gasteiger partial charge in [0.2, 0.25) is 11.8 Å². The summed E-state index contributed by atoms with van der Waals surface area (Å²) in [7, 11) is 5.12. The molecule has 2 amide bonds. The van der Waals surface area contributed by atoms with Crippen LogP contribution in [0.2, 0.25) is 0 Å².